The van der Waals surface area contributed by atoms with Crippen LogP contribution in [0.4, 0.5) is 0 Å². The van der Waals surface area contributed by atoms with Gasteiger partial charge in [-0.15, -0.1) is 0 Å². The third-order valence-electron chi connectivity index (χ3n) is 3.49. The zero-order valence-corrected chi connectivity index (χ0v) is 10.6. The second kappa shape index (κ2) is 5.74. The van der Waals surface area contributed by atoms with Crippen LogP contribution in [0.15, 0.2) is 18.3 Å². The van der Waals surface area contributed by atoms with Crippen LogP contribution in [0.25, 0.3) is 0 Å². The zero-order valence-electron chi connectivity index (χ0n) is 10.6. The number of nitriles is 1. The second-order valence-electron chi connectivity index (χ2n) is 4.68. The van der Waals surface area contributed by atoms with E-state index in [1.807, 2.05) is 12.1 Å². The lowest BCUT2D eigenvalue weighted by Gasteiger charge is -2.31. The van der Waals surface area contributed by atoms with Crippen molar-refractivity contribution in [3.05, 3.63) is 29.6 Å². The second-order valence-corrected chi connectivity index (χ2v) is 4.68. The lowest BCUT2D eigenvalue weighted by Crippen LogP contribution is -2.40. The number of piperidine rings is 1. The molecule has 1 saturated heterocycles. The van der Waals surface area contributed by atoms with Gasteiger partial charge in [0, 0.05) is 43.7 Å². The van der Waals surface area contributed by atoms with Gasteiger partial charge in [-0.05, 0) is 12.5 Å². The summed E-state index contributed by atoms with van der Waals surface area (Å²) in [5.74, 6) is 0.529. The van der Waals surface area contributed by atoms with E-state index in [4.69, 9.17) is 5.26 Å². The molecule has 2 heterocycles. The molecule has 0 saturated carbocycles. The van der Waals surface area contributed by atoms with Gasteiger partial charge < -0.3 is 0 Å². The molecule has 0 aliphatic carbocycles. The Morgan fingerprint density at radius 3 is 3.17 bits per heavy atom. The molecule has 4 heteroatoms. The molecule has 0 N–H and O–H groups in total. The van der Waals surface area contributed by atoms with Crippen LogP contribution in [-0.2, 0) is 11.3 Å². The molecule has 0 bridgehead atoms. The van der Waals surface area contributed by atoms with Crippen molar-refractivity contribution >= 4 is 5.78 Å². The minimum Gasteiger partial charge on any atom is -0.299 e. The lowest BCUT2D eigenvalue weighted by atomic mass is 9.94. The quantitative estimate of drug-likeness (QED) is 0.811. The first kappa shape index (κ1) is 12.7. The van der Waals surface area contributed by atoms with E-state index >= 15 is 0 Å². The van der Waals surface area contributed by atoms with Gasteiger partial charge in [-0.3, -0.25) is 9.69 Å². The van der Waals surface area contributed by atoms with Crippen LogP contribution in [-0.4, -0.2) is 28.8 Å². The summed E-state index contributed by atoms with van der Waals surface area (Å²) in [4.78, 5) is 18.0. The first-order chi connectivity index (χ1) is 8.74. The van der Waals surface area contributed by atoms with E-state index in [9.17, 15) is 4.79 Å². The summed E-state index contributed by atoms with van der Waals surface area (Å²) in [6.07, 6.45) is 3.16. The SMILES string of the molecule is CCC1CN(Cc2cccnc2C#N)CCC1=O. The van der Waals surface area contributed by atoms with Crippen LogP contribution in [0.2, 0.25) is 0 Å². The zero-order chi connectivity index (χ0) is 13.0. The Bertz CT molecular complexity index is 478. The van der Waals surface area contributed by atoms with Crippen LogP contribution in [0.3, 0.4) is 0 Å². The Labute approximate surface area is 107 Å². The molecule has 0 radical (unpaired) electrons. The molecule has 1 aromatic rings. The Morgan fingerprint density at radius 1 is 1.61 bits per heavy atom. The molecule has 2 rings (SSSR count). The molecular weight excluding hydrogens is 226 g/mol. The lowest BCUT2D eigenvalue weighted by molar-refractivity contribution is -0.126. The maximum absolute atomic E-state index is 11.7. The number of carbonyl (C=O) groups excluding carboxylic acids is 1. The van der Waals surface area contributed by atoms with Crippen molar-refractivity contribution in [2.75, 3.05) is 13.1 Å². The van der Waals surface area contributed by atoms with Gasteiger partial charge in [0.2, 0.25) is 0 Å². The van der Waals surface area contributed by atoms with Gasteiger partial charge >= 0.3 is 0 Å². The minimum atomic E-state index is 0.154. The van der Waals surface area contributed by atoms with E-state index in [-0.39, 0.29) is 5.92 Å². The Morgan fingerprint density at radius 2 is 2.44 bits per heavy atom. The van der Waals surface area contributed by atoms with E-state index in [1.165, 1.54) is 0 Å². The molecule has 1 atom stereocenters. The number of ketones is 1. The predicted molar refractivity (Wildman–Crippen MR) is 67.6 cm³/mol. The molecule has 1 aromatic heterocycles. The van der Waals surface area contributed by atoms with Crippen molar-refractivity contribution in [1.82, 2.24) is 9.88 Å². The Kier molecular flexibility index (Phi) is 4.06. The summed E-state index contributed by atoms with van der Waals surface area (Å²) in [5.41, 5.74) is 1.44. The van der Waals surface area contributed by atoms with Crippen molar-refractivity contribution in [3.63, 3.8) is 0 Å². The molecule has 1 unspecified atom stereocenters. The molecule has 0 spiro atoms. The van der Waals surface area contributed by atoms with Gasteiger partial charge in [0.15, 0.2) is 0 Å². The average molecular weight is 243 g/mol. The third-order valence-corrected chi connectivity index (χ3v) is 3.49. The maximum Gasteiger partial charge on any atom is 0.144 e. The number of hydrogen-bond acceptors (Lipinski definition) is 4. The monoisotopic (exact) mass is 243 g/mol. The smallest absolute Gasteiger partial charge is 0.144 e. The number of hydrogen-bond donors (Lipinski definition) is 0. The first-order valence-electron chi connectivity index (χ1n) is 6.33. The molecule has 94 valence electrons. The fraction of sp³-hybridized carbons (Fsp3) is 0.500. The highest BCUT2D eigenvalue weighted by Crippen LogP contribution is 2.18. The standard InChI is InChI=1S/C14H17N3O/c1-2-11-9-17(7-5-14(11)18)10-12-4-3-6-16-13(12)8-15/h3-4,6,11H,2,5,7,9-10H2,1H3. The largest absolute Gasteiger partial charge is 0.299 e. The maximum atomic E-state index is 11.7. The first-order valence-corrected chi connectivity index (χ1v) is 6.33. The van der Waals surface area contributed by atoms with Crippen molar-refractivity contribution in [2.45, 2.75) is 26.3 Å². The van der Waals surface area contributed by atoms with Gasteiger partial charge in [0.1, 0.15) is 17.5 Å². The van der Waals surface area contributed by atoms with Crippen molar-refractivity contribution in [2.24, 2.45) is 5.92 Å². The number of rotatable bonds is 3. The van der Waals surface area contributed by atoms with Crippen LogP contribution < -0.4 is 0 Å². The van der Waals surface area contributed by atoms with E-state index in [2.05, 4.69) is 22.9 Å². The topological polar surface area (TPSA) is 57.0 Å². The number of likely N-dealkylation sites (tertiary alicyclic amines) is 1. The van der Waals surface area contributed by atoms with Crippen LogP contribution in [0.1, 0.15) is 31.0 Å². The summed E-state index contributed by atoms with van der Waals surface area (Å²) >= 11 is 0. The Hall–Kier alpha value is -1.73. The highest BCUT2D eigenvalue weighted by atomic mass is 16.1. The van der Waals surface area contributed by atoms with E-state index < -0.39 is 0 Å². The van der Waals surface area contributed by atoms with Crippen molar-refractivity contribution in [3.8, 4) is 6.07 Å². The van der Waals surface area contributed by atoms with Gasteiger partial charge in [0.25, 0.3) is 0 Å². The highest BCUT2D eigenvalue weighted by Gasteiger charge is 2.25. The normalized spacial score (nSPS) is 20.7. The number of aromatic nitrogens is 1. The van der Waals surface area contributed by atoms with E-state index in [1.54, 1.807) is 6.20 Å². The number of pyridine rings is 1. The highest BCUT2D eigenvalue weighted by molar-refractivity contribution is 5.82. The van der Waals surface area contributed by atoms with E-state index in [0.717, 1.165) is 25.1 Å². The van der Waals surface area contributed by atoms with Crippen LogP contribution in [0, 0.1) is 17.2 Å². The summed E-state index contributed by atoms with van der Waals surface area (Å²) in [5, 5.41) is 9.00. The van der Waals surface area contributed by atoms with Gasteiger partial charge in [-0.25, -0.2) is 4.98 Å². The van der Waals surface area contributed by atoms with Crippen LogP contribution in [0.5, 0.6) is 0 Å². The summed E-state index contributed by atoms with van der Waals surface area (Å²) in [6, 6.07) is 5.90. The predicted octanol–water partition coefficient (Wildman–Crippen LogP) is 1.75. The van der Waals surface area contributed by atoms with Gasteiger partial charge in [-0.1, -0.05) is 13.0 Å². The number of Topliss-reactive ketones (excluding diaryl/α,β-unsaturated/α-hetero) is 1. The number of nitrogens with zero attached hydrogens (tertiary/aromatic N) is 3. The van der Waals surface area contributed by atoms with Crippen molar-refractivity contribution in [1.29, 1.82) is 5.26 Å². The van der Waals surface area contributed by atoms with Crippen molar-refractivity contribution < 1.29 is 4.79 Å². The number of carbonyl (C=O) groups is 1. The fourth-order valence-electron chi connectivity index (χ4n) is 2.39. The summed E-state index contributed by atoms with van der Waals surface area (Å²) in [6.45, 7) is 4.35. The average Bonchev–Trinajstić information content (AvgIpc) is 2.41. The molecule has 0 amide bonds. The Balaban J connectivity index is 2.06. The molecule has 1 aliphatic rings. The molecule has 1 fully saturated rings. The van der Waals surface area contributed by atoms with Crippen LogP contribution >= 0.6 is 0 Å². The molecule has 18 heavy (non-hydrogen) atoms. The molecule has 1 aliphatic heterocycles. The fourth-order valence-corrected chi connectivity index (χ4v) is 2.39. The third kappa shape index (κ3) is 2.74. The minimum absolute atomic E-state index is 0.154. The molecule has 0 aromatic carbocycles. The summed E-state index contributed by atoms with van der Waals surface area (Å²) < 4.78 is 0. The summed E-state index contributed by atoms with van der Waals surface area (Å²) in [7, 11) is 0. The van der Waals surface area contributed by atoms with Gasteiger partial charge in [0.05, 0.1) is 0 Å². The molecular formula is C14H17N3O. The molecule has 4 nitrogen and oxygen atoms in total. The van der Waals surface area contributed by atoms with E-state index in [0.29, 0.717) is 24.4 Å². The van der Waals surface area contributed by atoms with Gasteiger partial charge in [-0.2, -0.15) is 5.26 Å².